The highest BCUT2D eigenvalue weighted by Gasteiger charge is 2.04. The Morgan fingerprint density at radius 2 is 2.12 bits per heavy atom. The molecule has 0 fully saturated rings. The maximum atomic E-state index is 12.0. The van der Waals surface area contributed by atoms with Crippen LogP contribution in [0.5, 0.6) is 0 Å². The molecule has 0 aliphatic rings. The summed E-state index contributed by atoms with van der Waals surface area (Å²) < 4.78 is 2.23. The van der Waals surface area contributed by atoms with E-state index in [2.05, 4.69) is 9.97 Å². The van der Waals surface area contributed by atoms with Gasteiger partial charge in [0.1, 0.15) is 6.33 Å². The smallest absolute Gasteiger partial charge is 0.266 e. The van der Waals surface area contributed by atoms with Crippen molar-refractivity contribution < 1.29 is 0 Å². The topological polar surface area (TPSA) is 71.1 Å². The number of nitrogens with zero attached hydrogens (tertiary/aromatic N) is 3. The van der Waals surface area contributed by atoms with Gasteiger partial charge in [0.2, 0.25) is 10.6 Å². The summed E-state index contributed by atoms with van der Waals surface area (Å²) in [6, 6.07) is 7.34. The highest BCUT2D eigenvalue weighted by molar-refractivity contribution is 7.23. The number of hydrogen-bond donors (Lipinski definition) is 1. The van der Waals surface area contributed by atoms with Crippen molar-refractivity contribution >= 4 is 26.4 Å². The summed E-state index contributed by atoms with van der Waals surface area (Å²) in [6.07, 6.45) is 1.34. The average molecular weight is 230 g/mol. The quantitative estimate of drug-likeness (QED) is 0.580. The minimum absolute atomic E-state index is 0.0778. The van der Waals surface area contributed by atoms with Crippen LogP contribution < -0.4 is 11.2 Å². The molecule has 3 aromatic rings. The van der Waals surface area contributed by atoms with Crippen molar-refractivity contribution in [1.82, 2.24) is 14.4 Å². The molecule has 2 heterocycles. The van der Waals surface area contributed by atoms with E-state index < -0.39 is 0 Å². The van der Waals surface area contributed by atoms with E-state index in [1.807, 2.05) is 18.2 Å². The Balaban J connectivity index is 2.66. The molecule has 3 rings (SSSR count). The molecule has 0 saturated heterocycles. The van der Waals surface area contributed by atoms with Crippen molar-refractivity contribution in [2.75, 3.05) is 0 Å². The summed E-state index contributed by atoms with van der Waals surface area (Å²) in [5, 5.41) is 7.97. The number of fused-ring (bicyclic) bond motifs is 2. The first kappa shape index (κ1) is 9.17. The largest absolute Gasteiger partial charge is 0.268 e. The fourth-order valence-corrected chi connectivity index (χ4v) is 2.48. The average Bonchev–Trinajstić information content (AvgIpc) is 2.29. The van der Waals surface area contributed by atoms with Crippen molar-refractivity contribution in [3.05, 3.63) is 46.6 Å². The third-order valence-corrected chi connectivity index (χ3v) is 3.29. The standard InChI is InChI=1S/C10H6N4OS/c11-9-12-5-14-8(15)6-3-1-2-4-7(6)16-10(14)13-9/h1-5,11H. The lowest BCUT2D eigenvalue weighted by atomic mass is 10.3. The van der Waals surface area contributed by atoms with Crippen molar-refractivity contribution in [3.63, 3.8) is 0 Å². The first-order valence-electron chi connectivity index (χ1n) is 4.57. The molecule has 5 nitrogen and oxygen atoms in total. The molecule has 1 N–H and O–H groups in total. The van der Waals surface area contributed by atoms with Gasteiger partial charge in [-0.1, -0.05) is 23.5 Å². The molecule has 0 aliphatic heterocycles. The Morgan fingerprint density at radius 1 is 1.31 bits per heavy atom. The normalized spacial score (nSPS) is 11.0. The van der Waals surface area contributed by atoms with Gasteiger partial charge in [-0.3, -0.25) is 10.2 Å². The maximum absolute atomic E-state index is 12.0. The number of aromatic nitrogens is 3. The van der Waals surface area contributed by atoms with E-state index >= 15 is 0 Å². The van der Waals surface area contributed by atoms with Crippen molar-refractivity contribution in [1.29, 1.82) is 5.41 Å². The van der Waals surface area contributed by atoms with E-state index in [-0.39, 0.29) is 11.2 Å². The van der Waals surface area contributed by atoms with Crippen LogP contribution in [0.25, 0.3) is 15.0 Å². The third-order valence-electron chi connectivity index (χ3n) is 2.24. The van der Waals surface area contributed by atoms with Crippen LogP contribution in [0.2, 0.25) is 0 Å². The molecule has 0 spiro atoms. The molecule has 78 valence electrons. The monoisotopic (exact) mass is 230 g/mol. The number of benzene rings is 1. The van der Waals surface area contributed by atoms with Crippen LogP contribution in [-0.2, 0) is 0 Å². The number of nitrogens with one attached hydrogen (secondary N) is 1. The highest BCUT2D eigenvalue weighted by Crippen LogP contribution is 2.16. The second kappa shape index (κ2) is 3.21. The Bertz CT molecular complexity index is 805. The fraction of sp³-hybridized carbons (Fsp3) is 0. The van der Waals surface area contributed by atoms with E-state index in [0.717, 1.165) is 4.70 Å². The van der Waals surface area contributed by atoms with Gasteiger partial charge in [-0.15, -0.1) is 0 Å². The van der Waals surface area contributed by atoms with Gasteiger partial charge in [-0.2, -0.15) is 4.98 Å². The first-order valence-corrected chi connectivity index (χ1v) is 5.39. The molecule has 0 atom stereocenters. The molecule has 0 amide bonds. The summed E-state index contributed by atoms with van der Waals surface area (Å²) in [7, 11) is 0. The summed E-state index contributed by atoms with van der Waals surface area (Å²) in [6.45, 7) is 0. The van der Waals surface area contributed by atoms with Crippen LogP contribution in [0.4, 0.5) is 0 Å². The van der Waals surface area contributed by atoms with Gasteiger partial charge in [0.25, 0.3) is 5.56 Å². The van der Waals surface area contributed by atoms with Gasteiger partial charge in [0.15, 0.2) is 0 Å². The summed E-state index contributed by atoms with van der Waals surface area (Å²) >= 11 is 1.37. The van der Waals surface area contributed by atoms with Crippen LogP contribution in [0.15, 0.2) is 35.4 Å². The zero-order chi connectivity index (χ0) is 11.1. The second-order valence-corrected chi connectivity index (χ2v) is 4.25. The highest BCUT2D eigenvalue weighted by atomic mass is 32.1. The molecule has 0 unspecified atom stereocenters. The van der Waals surface area contributed by atoms with E-state index in [4.69, 9.17) is 5.41 Å². The molecule has 16 heavy (non-hydrogen) atoms. The van der Waals surface area contributed by atoms with E-state index in [0.29, 0.717) is 10.3 Å². The maximum Gasteiger partial charge on any atom is 0.266 e. The van der Waals surface area contributed by atoms with Crippen molar-refractivity contribution in [2.24, 2.45) is 0 Å². The van der Waals surface area contributed by atoms with Crippen molar-refractivity contribution in [3.8, 4) is 0 Å². The van der Waals surface area contributed by atoms with E-state index in [9.17, 15) is 4.79 Å². The predicted molar refractivity (Wildman–Crippen MR) is 60.5 cm³/mol. The van der Waals surface area contributed by atoms with E-state index in [1.54, 1.807) is 6.07 Å². The van der Waals surface area contributed by atoms with Gasteiger partial charge in [-0.05, 0) is 12.1 Å². The lowest BCUT2D eigenvalue weighted by molar-refractivity contribution is 0.904. The number of hydrogen-bond acceptors (Lipinski definition) is 5. The van der Waals surface area contributed by atoms with Gasteiger partial charge in [0.05, 0.1) is 5.39 Å². The first-order chi connectivity index (χ1) is 7.75. The van der Waals surface area contributed by atoms with Gasteiger partial charge in [0, 0.05) is 4.70 Å². The minimum Gasteiger partial charge on any atom is -0.268 e. The summed E-state index contributed by atoms with van der Waals surface area (Å²) in [5.74, 6) is 0. The summed E-state index contributed by atoms with van der Waals surface area (Å²) in [4.78, 5) is 20.1. The molecule has 0 radical (unpaired) electrons. The van der Waals surface area contributed by atoms with E-state index in [1.165, 1.54) is 22.1 Å². The van der Waals surface area contributed by atoms with Gasteiger partial charge < -0.3 is 0 Å². The molecule has 1 aromatic carbocycles. The number of rotatable bonds is 0. The molecule has 0 aliphatic carbocycles. The summed E-state index contributed by atoms with van der Waals surface area (Å²) in [5.41, 5.74) is -0.227. The van der Waals surface area contributed by atoms with Crippen LogP contribution >= 0.6 is 11.3 Å². The second-order valence-electron chi connectivity index (χ2n) is 3.24. The molecular formula is C10H6N4OS. The third kappa shape index (κ3) is 1.24. The molecular weight excluding hydrogens is 224 g/mol. The van der Waals surface area contributed by atoms with Gasteiger partial charge in [-0.25, -0.2) is 9.38 Å². The predicted octanol–water partition coefficient (Wildman–Crippen LogP) is 0.784. The Hall–Kier alpha value is -2.08. The SMILES string of the molecule is N=c1ncn2c(=O)c3ccccc3sc2n1. The fourth-order valence-electron chi connectivity index (χ4n) is 1.51. The van der Waals surface area contributed by atoms with Crippen LogP contribution in [-0.4, -0.2) is 14.4 Å². The molecule has 0 bridgehead atoms. The zero-order valence-corrected chi connectivity index (χ0v) is 8.86. The lowest BCUT2D eigenvalue weighted by Crippen LogP contribution is -2.20. The Kier molecular flexibility index (Phi) is 1.84. The van der Waals surface area contributed by atoms with Crippen LogP contribution in [0, 0.1) is 5.41 Å². The molecule has 0 saturated carbocycles. The zero-order valence-electron chi connectivity index (χ0n) is 8.04. The Morgan fingerprint density at radius 3 is 3.00 bits per heavy atom. The van der Waals surface area contributed by atoms with Crippen LogP contribution in [0.3, 0.4) is 0 Å². The molecule has 2 aromatic heterocycles. The minimum atomic E-state index is -0.149. The van der Waals surface area contributed by atoms with Gasteiger partial charge >= 0.3 is 0 Å². The van der Waals surface area contributed by atoms with Crippen LogP contribution in [0.1, 0.15) is 0 Å². The molecule has 6 heteroatoms. The lowest BCUT2D eigenvalue weighted by Gasteiger charge is -2.00. The Labute approximate surface area is 93.2 Å². The van der Waals surface area contributed by atoms with Crippen molar-refractivity contribution in [2.45, 2.75) is 0 Å².